The number of pyridine rings is 1. The van der Waals surface area contributed by atoms with E-state index >= 15 is 0 Å². The van der Waals surface area contributed by atoms with Gasteiger partial charge < -0.3 is 10.2 Å². The lowest BCUT2D eigenvalue weighted by Gasteiger charge is -2.20. The molecule has 3 heterocycles. The topological polar surface area (TPSA) is 45.2 Å². The van der Waals surface area contributed by atoms with Crippen LogP contribution in [0, 0.1) is 12.3 Å². The van der Waals surface area contributed by atoms with Crippen molar-refractivity contribution in [1.82, 2.24) is 4.98 Å². The number of carbonyl (C=O) groups excluding carboxylic acids is 1. The standard InChI is InChI=1S/C20H24F3N3OS/c1-12-9-15-14(24-18(12)25-17(27)10-19(2,3)4)7-8-26(15)11-13-5-6-16(28-13)20(21,22)23/h5-6,9H,7-8,10-11H2,1-4H3,(H,24,25,27). The molecule has 2 aromatic rings. The first-order chi connectivity index (χ1) is 12.9. The van der Waals surface area contributed by atoms with Gasteiger partial charge in [-0.3, -0.25) is 4.79 Å². The van der Waals surface area contributed by atoms with Crippen LogP contribution >= 0.6 is 11.3 Å². The van der Waals surface area contributed by atoms with Crippen molar-refractivity contribution in [3.63, 3.8) is 0 Å². The molecule has 0 fully saturated rings. The molecule has 152 valence electrons. The molecule has 0 unspecified atom stereocenters. The lowest BCUT2D eigenvalue weighted by atomic mass is 9.92. The summed E-state index contributed by atoms with van der Waals surface area (Å²) in [5, 5.41) is 2.89. The molecular formula is C20H24F3N3OS. The van der Waals surface area contributed by atoms with Gasteiger partial charge in [-0.1, -0.05) is 20.8 Å². The Morgan fingerprint density at radius 3 is 2.61 bits per heavy atom. The molecule has 0 radical (unpaired) electrons. The van der Waals surface area contributed by atoms with Gasteiger partial charge in [0.05, 0.1) is 17.9 Å². The average Bonchev–Trinajstić information content (AvgIpc) is 3.14. The quantitative estimate of drug-likeness (QED) is 0.732. The first kappa shape index (κ1) is 20.6. The Morgan fingerprint density at radius 2 is 2.00 bits per heavy atom. The first-order valence-corrected chi connectivity index (χ1v) is 9.95. The van der Waals surface area contributed by atoms with Crippen LogP contribution in [0.1, 0.15) is 48.2 Å². The van der Waals surface area contributed by atoms with Gasteiger partial charge in [-0.05, 0) is 36.1 Å². The molecule has 3 rings (SSSR count). The van der Waals surface area contributed by atoms with Gasteiger partial charge in [0.2, 0.25) is 5.91 Å². The molecule has 2 aromatic heterocycles. The molecule has 1 amide bonds. The van der Waals surface area contributed by atoms with E-state index < -0.39 is 11.1 Å². The van der Waals surface area contributed by atoms with Gasteiger partial charge in [-0.2, -0.15) is 13.2 Å². The summed E-state index contributed by atoms with van der Waals surface area (Å²) in [5.74, 6) is 0.487. The maximum atomic E-state index is 12.8. The van der Waals surface area contributed by atoms with E-state index in [1.165, 1.54) is 6.07 Å². The van der Waals surface area contributed by atoms with Gasteiger partial charge in [0.1, 0.15) is 10.7 Å². The first-order valence-electron chi connectivity index (χ1n) is 9.13. The smallest absolute Gasteiger partial charge is 0.365 e. The summed E-state index contributed by atoms with van der Waals surface area (Å²) in [5.41, 5.74) is 2.52. The van der Waals surface area contributed by atoms with E-state index in [2.05, 4.69) is 10.3 Å². The van der Waals surface area contributed by atoms with Gasteiger partial charge in [0.25, 0.3) is 0 Å². The average molecular weight is 411 g/mol. The Morgan fingerprint density at radius 1 is 1.29 bits per heavy atom. The monoisotopic (exact) mass is 411 g/mol. The Hall–Kier alpha value is -2.09. The normalized spacial score (nSPS) is 14.3. The molecule has 28 heavy (non-hydrogen) atoms. The van der Waals surface area contributed by atoms with Crippen LogP contribution in [0.2, 0.25) is 0 Å². The van der Waals surface area contributed by atoms with Gasteiger partial charge in [-0.15, -0.1) is 11.3 Å². The van der Waals surface area contributed by atoms with E-state index in [1.807, 2.05) is 38.7 Å². The molecular weight excluding hydrogens is 387 g/mol. The van der Waals surface area contributed by atoms with Crippen LogP contribution < -0.4 is 10.2 Å². The van der Waals surface area contributed by atoms with Crippen molar-refractivity contribution in [2.75, 3.05) is 16.8 Å². The van der Waals surface area contributed by atoms with E-state index in [0.29, 0.717) is 36.6 Å². The molecule has 8 heteroatoms. The molecule has 0 bridgehead atoms. The highest BCUT2D eigenvalue weighted by atomic mass is 32.1. The number of fused-ring (bicyclic) bond motifs is 1. The molecule has 4 nitrogen and oxygen atoms in total. The lowest BCUT2D eigenvalue weighted by molar-refractivity contribution is -0.134. The van der Waals surface area contributed by atoms with E-state index in [1.54, 1.807) is 0 Å². The van der Waals surface area contributed by atoms with Crippen LogP contribution in [0.3, 0.4) is 0 Å². The highest BCUT2D eigenvalue weighted by Crippen LogP contribution is 2.37. The third kappa shape index (κ3) is 4.84. The van der Waals surface area contributed by atoms with Crippen LogP contribution in [0.15, 0.2) is 18.2 Å². The zero-order chi connectivity index (χ0) is 20.7. The number of aryl methyl sites for hydroxylation is 1. The number of thiophene rings is 1. The van der Waals surface area contributed by atoms with Crippen molar-refractivity contribution >= 4 is 28.7 Å². The fraction of sp³-hybridized carbons (Fsp3) is 0.500. The Kier molecular flexibility index (Phi) is 5.44. The maximum absolute atomic E-state index is 12.8. The number of nitrogens with zero attached hydrogens (tertiary/aromatic N) is 2. The predicted molar refractivity (Wildman–Crippen MR) is 106 cm³/mol. The third-order valence-electron chi connectivity index (χ3n) is 4.46. The summed E-state index contributed by atoms with van der Waals surface area (Å²) in [6.45, 7) is 9.00. The molecule has 1 N–H and O–H groups in total. The van der Waals surface area contributed by atoms with Crippen LogP contribution in [0.5, 0.6) is 0 Å². The SMILES string of the molecule is Cc1cc2c(nc1NC(=O)CC(C)(C)C)CCN2Cc1ccc(C(F)(F)F)s1. The molecule has 1 aliphatic rings. The Bertz CT molecular complexity index is 884. The number of amides is 1. The molecule has 1 aliphatic heterocycles. The number of hydrogen-bond donors (Lipinski definition) is 1. The number of nitrogens with one attached hydrogen (secondary N) is 1. The van der Waals surface area contributed by atoms with Crippen molar-refractivity contribution in [3.05, 3.63) is 39.2 Å². The van der Waals surface area contributed by atoms with Crippen molar-refractivity contribution in [1.29, 1.82) is 0 Å². The summed E-state index contributed by atoms with van der Waals surface area (Å²) in [6, 6.07) is 4.63. The van der Waals surface area contributed by atoms with Gasteiger partial charge in [0, 0.05) is 24.3 Å². The highest BCUT2D eigenvalue weighted by Gasteiger charge is 2.33. The van der Waals surface area contributed by atoms with Crippen molar-refractivity contribution < 1.29 is 18.0 Å². The van der Waals surface area contributed by atoms with Crippen molar-refractivity contribution in [3.8, 4) is 0 Å². The number of carbonyl (C=O) groups is 1. The number of aromatic nitrogens is 1. The van der Waals surface area contributed by atoms with Crippen molar-refractivity contribution in [2.24, 2.45) is 5.41 Å². The van der Waals surface area contributed by atoms with E-state index in [-0.39, 0.29) is 11.3 Å². The number of alkyl halides is 3. The minimum atomic E-state index is -4.30. The summed E-state index contributed by atoms with van der Waals surface area (Å²) in [7, 11) is 0. The molecule has 0 atom stereocenters. The molecule has 0 spiro atoms. The fourth-order valence-corrected chi connectivity index (χ4v) is 4.10. The Balaban J connectivity index is 1.74. The minimum absolute atomic E-state index is 0.0730. The van der Waals surface area contributed by atoms with Gasteiger partial charge in [-0.25, -0.2) is 4.98 Å². The molecule has 0 saturated carbocycles. The molecule has 0 aliphatic carbocycles. The second-order valence-electron chi connectivity index (χ2n) is 8.34. The summed E-state index contributed by atoms with van der Waals surface area (Å²) in [4.78, 5) is 19.0. The van der Waals surface area contributed by atoms with Crippen LogP contribution in [-0.2, 0) is 23.9 Å². The lowest BCUT2D eigenvalue weighted by Crippen LogP contribution is -2.21. The highest BCUT2D eigenvalue weighted by molar-refractivity contribution is 7.12. The number of anilines is 2. The zero-order valence-corrected chi connectivity index (χ0v) is 17.2. The number of halogens is 3. The van der Waals surface area contributed by atoms with Crippen molar-refractivity contribution in [2.45, 2.75) is 53.3 Å². The zero-order valence-electron chi connectivity index (χ0n) is 16.4. The maximum Gasteiger partial charge on any atom is 0.425 e. The number of rotatable bonds is 4. The minimum Gasteiger partial charge on any atom is -0.365 e. The summed E-state index contributed by atoms with van der Waals surface area (Å²) < 4.78 is 38.4. The van der Waals surface area contributed by atoms with Crippen LogP contribution in [0.25, 0.3) is 0 Å². The third-order valence-corrected chi connectivity index (χ3v) is 5.58. The van der Waals surface area contributed by atoms with Crippen LogP contribution in [-0.4, -0.2) is 17.4 Å². The summed E-state index contributed by atoms with van der Waals surface area (Å²) >= 11 is 0.778. The molecule has 0 saturated heterocycles. The Labute approximate surface area is 166 Å². The predicted octanol–water partition coefficient (Wildman–Crippen LogP) is 5.41. The second-order valence-corrected chi connectivity index (χ2v) is 9.51. The number of hydrogen-bond acceptors (Lipinski definition) is 4. The van der Waals surface area contributed by atoms with E-state index in [4.69, 9.17) is 0 Å². The van der Waals surface area contributed by atoms with E-state index in [9.17, 15) is 18.0 Å². The summed E-state index contributed by atoms with van der Waals surface area (Å²) in [6.07, 6.45) is -3.20. The molecule has 0 aromatic carbocycles. The largest absolute Gasteiger partial charge is 0.425 e. The second kappa shape index (κ2) is 7.39. The fourth-order valence-electron chi connectivity index (χ4n) is 3.21. The van der Waals surface area contributed by atoms with Crippen LogP contribution in [0.4, 0.5) is 24.7 Å². The van der Waals surface area contributed by atoms with E-state index in [0.717, 1.165) is 34.3 Å². The van der Waals surface area contributed by atoms with Gasteiger partial charge in [0.15, 0.2) is 0 Å². The van der Waals surface area contributed by atoms with Gasteiger partial charge >= 0.3 is 6.18 Å².